The number of para-hydroxylation sites is 1. The first-order valence-electron chi connectivity index (χ1n) is 7.83. The van der Waals surface area contributed by atoms with Gasteiger partial charge in [-0.25, -0.2) is 4.79 Å². The molecule has 0 saturated carbocycles. The smallest absolute Gasteiger partial charge is 0.326 e. The van der Waals surface area contributed by atoms with Crippen molar-refractivity contribution in [2.24, 2.45) is 5.41 Å². The van der Waals surface area contributed by atoms with Gasteiger partial charge in [-0.05, 0) is 24.0 Å². The molecule has 7 nitrogen and oxygen atoms in total. The molecule has 24 heavy (non-hydrogen) atoms. The number of fused-ring (bicyclic) bond motifs is 1. The third kappa shape index (κ3) is 2.70. The monoisotopic (exact) mass is 332 g/mol. The minimum Gasteiger partial charge on any atom is -0.484 e. The summed E-state index contributed by atoms with van der Waals surface area (Å²) in [6.45, 7) is 3.47. The van der Waals surface area contributed by atoms with Crippen LogP contribution in [0.2, 0.25) is 0 Å². The van der Waals surface area contributed by atoms with Gasteiger partial charge in [-0.3, -0.25) is 9.59 Å². The summed E-state index contributed by atoms with van der Waals surface area (Å²) in [5.41, 5.74) is -0.522. The molecule has 2 N–H and O–H groups in total. The van der Waals surface area contributed by atoms with E-state index in [4.69, 9.17) is 4.74 Å². The largest absolute Gasteiger partial charge is 0.484 e. The highest BCUT2D eigenvalue weighted by atomic mass is 16.5. The molecule has 2 saturated heterocycles. The van der Waals surface area contributed by atoms with Gasteiger partial charge in [-0.1, -0.05) is 32.0 Å². The van der Waals surface area contributed by atoms with Gasteiger partial charge in [-0.2, -0.15) is 0 Å². The maximum absolute atomic E-state index is 12.3. The second kappa shape index (κ2) is 5.81. The molecule has 1 aromatic rings. The van der Waals surface area contributed by atoms with E-state index in [1.807, 2.05) is 19.9 Å². The van der Waals surface area contributed by atoms with Gasteiger partial charge >= 0.3 is 5.97 Å². The molecule has 2 aliphatic rings. The lowest BCUT2D eigenvalue weighted by Gasteiger charge is -2.44. The average molecular weight is 332 g/mol. The van der Waals surface area contributed by atoms with Gasteiger partial charge < -0.3 is 20.1 Å². The topological polar surface area (TPSA) is 95.9 Å². The quantitative estimate of drug-likeness (QED) is 0.772. The lowest BCUT2D eigenvalue weighted by atomic mass is 9.83. The summed E-state index contributed by atoms with van der Waals surface area (Å²) in [6.07, 6.45) is 0.542. The third-order valence-corrected chi connectivity index (χ3v) is 4.68. The molecule has 0 bridgehead atoms. The van der Waals surface area contributed by atoms with Gasteiger partial charge in [-0.15, -0.1) is 0 Å². The van der Waals surface area contributed by atoms with E-state index < -0.39 is 29.4 Å². The van der Waals surface area contributed by atoms with E-state index in [-0.39, 0.29) is 18.6 Å². The van der Waals surface area contributed by atoms with Crippen molar-refractivity contribution in [1.29, 1.82) is 0 Å². The van der Waals surface area contributed by atoms with Gasteiger partial charge in [0.25, 0.3) is 5.91 Å². The molecule has 0 radical (unpaired) electrons. The Bertz CT molecular complexity index is 673. The van der Waals surface area contributed by atoms with Crippen molar-refractivity contribution in [2.75, 3.05) is 6.61 Å². The molecule has 2 amide bonds. The Morgan fingerprint density at radius 2 is 2.00 bits per heavy atom. The van der Waals surface area contributed by atoms with E-state index in [9.17, 15) is 19.5 Å². The second-order valence-corrected chi connectivity index (χ2v) is 6.89. The van der Waals surface area contributed by atoms with E-state index in [2.05, 4.69) is 5.32 Å². The predicted molar refractivity (Wildman–Crippen MR) is 84.3 cm³/mol. The summed E-state index contributed by atoms with van der Waals surface area (Å²) in [7, 11) is 0. The van der Waals surface area contributed by atoms with E-state index >= 15 is 0 Å². The van der Waals surface area contributed by atoms with Crippen molar-refractivity contribution in [3.8, 4) is 5.75 Å². The molecule has 0 unspecified atom stereocenters. The van der Waals surface area contributed by atoms with Gasteiger partial charge in [0, 0.05) is 0 Å². The number of nitrogens with one attached hydrogen (secondary N) is 1. The number of aliphatic carboxylic acids is 1. The van der Waals surface area contributed by atoms with Crippen molar-refractivity contribution in [3.05, 3.63) is 30.3 Å². The van der Waals surface area contributed by atoms with E-state index in [1.165, 1.54) is 4.90 Å². The van der Waals surface area contributed by atoms with Crippen LogP contribution in [-0.2, 0) is 14.4 Å². The number of ether oxygens (including phenoxy) is 1. The van der Waals surface area contributed by atoms with E-state index in [1.54, 1.807) is 24.3 Å². The number of benzene rings is 1. The van der Waals surface area contributed by atoms with Crippen LogP contribution in [0.5, 0.6) is 5.75 Å². The number of carboxylic acids is 1. The molecule has 3 rings (SSSR count). The fraction of sp³-hybridized carbons (Fsp3) is 0.471. The summed E-state index contributed by atoms with van der Waals surface area (Å²) in [4.78, 5) is 37.1. The van der Waals surface area contributed by atoms with Crippen LogP contribution in [0.3, 0.4) is 0 Å². The Morgan fingerprint density at radius 3 is 2.62 bits per heavy atom. The van der Waals surface area contributed by atoms with Crippen LogP contribution in [0.1, 0.15) is 20.3 Å². The molecular formula is C17H20N2O5. The molecule has 128 valence electrons. The Kier molecular flexibility index (Phi) is 3.95. The average Bonchev–Trinajstić information content (AvgIpc) is 2.80. The number of carboxylic acid groups (broad SMARTS) is 1. The van der Waals surface area contributed by atoms with Crippen molar-refractivity contribution >= 4 is 17.8 Å². The van der Waals surface area contributed by atoms with Gasteiger partial charge in [0.2, 0.25) is 5.91 Å². The summed E-state index contributed by atoms with van der Waals surface area (Å²) < 4.78 is 5.35. The Morgan fingerprint density at radius 1 is 1.33 bits per heavy atom. The fourth-order valence-corrected chi connectivity index (χ4v) is 3.62. The molecule has 3 atom stereocenters. The van der Waals surface area contributed by atoms with E-state index in [0.29, 0.717) is 12.2 Å². The molecular weight excluding hydrogens is 312 g/mol. The minimum atomic E-state index is -1.01. The summed E-state index contributed by atoms with van der Waals surface area (Å²) >= 11 is 0. The lowest BCUT2D eigenvalue weighted by Crippen LogP contribution is -2.71. The van der Waals surface area contributed by atoms with Crippen molar-refractivity contribution in [1.82, 2.24) is 10.2 Å². The standard InChI is InChI=1S/C17H20N2O5/c1-17(2)8-11-13(15(21)19(11)14(17)16(22)23)18-12(20)9-24-10-6-4-3-5-7-10/h3-7,11,13-14H,8-9H2,1-2H3,(H,18,20)(H,22,23)/t11-,13+,14+/m1/s1. The zero-order valence-corrected chi connectivity index (χ0v) is 13.6. The highest BCUT2D eigenvalue weighted by molar-refractivity contribution is 5.97. The zero-order chi connectivity index (χ0) is 17.5. The summed E-state index contributed by atoms with van der Waals surface area (Å²) in [5, 5.41) is 12.0. The molecule has 0 aromatic heterocycles. The minimum absolute atomic E-state index is 0.188. The number of carbonyl (C=O) groups excluding carboxylic acids is 2. The second-order valence-electron chi connectivity index (χ2n) is 6.89. The number of carbonyl (C=O) groups is 3. The number of nitrogens with zero attached hydrogens (tertiary/aromatic N) is 1. The number of hydrogen-bond acceptors (Lipinski definition) is 4. The van der Waals surface area contributed by atoms with Crippen molar-refractivity contribution in [3.63, 3.8) is 0 Å². The first-order valence-corrected chi connectivity index (χ1v) is 7.83. The number of amides is 2. The zero-order valence-electron chi connectivity index (χ0n) is 13.6. The van der Waals surface area contributed by atoms with Crippen LogP contribution in [0.15, 0.2) is 30.3 Å². The first-order chi connectivity index (χ1) is 11.3. The number of β-lactam (4-membered cyclic amide) rings is 1. The Labute approximate surface area is 139 Å². The Balaban J connectivity index is 1.59. The molecule has 2 aliphatic heterocycles. The van der Waals surface area contributed by atoms with Crippen molar-refractivity contribution in [2.45, 2.75) is 38.4 Å². The molecule has 7 heteroatoms. The number of hydrogen-bond donors (Lipinski definition) is 2. The van der Waals surface area contributed by atoms with Crippen LogP contribution in [0.25, 0.3) is 0 Å². The molecule has 0 spiro atoms. The molecule has 0 aliphatic carbocycles. The summed E-state index contributed by atoms with van der Waals surface area (Å²) in [5.74, 6) is -1.17. The highest BCUT2D eigenvalue weighted by Gasteiger charge is 2.63. The summed E-state index contributed by atoms with van der Waals surface area (Å²) in [6, 6.07) is 7.13. The van der Waals surface area contributed by atoms with E-state index in [0.717, 1.165) is 0 Å². The third-order valence-electron chi connectivity index (χ3n) is 4.68. The fourth-order valence-electron chi connectivity index (χ4n) is 3.62. The van der Waals surface area contributed by atoms with Crippen LogP contribution in [-0.4, -0.2) is 52.5 Å². The number of rotatable bonds is 5. The SMILES string of the molecule is CC1(C)C[C@@H]2[C@H](NC(=O)COc3ccccc3)C(=O)N2[C@H]1C(=O)O. The molecule has 2 fully saturated rings. The lowest BCUT2D eigenvalue weighted by molar-refractivity contribution is -0.163. The van der Waals surface area contributed by atoms with Crippen molar-refractivity contribution < 1.29 is 24.2 Å². The maximum Gasteiger partial charge on any atom is 0.326 e. The molecule has 1 aromatic carbocycles. The predicted octanol–water partition coefficient (Wildman–Crippen LogP) is 0.644. The van der Waals surface area contributed by atoms with Crippen LogP contribution in [0, 0.1) is 5.41 Å². The Hall–Kier alpha value is -2.57. The van der Waals surface area contributed by atoms with Crippen LogP contribution in [0.4, 0.5) is 0 Å². The van der Waals surface area contributed by atoms with Gasteiger partial charge in [0.05, 0.1) is 6.04 Å². The van der Waals surface area contributed by atoms with Gasteiger partial charge in [0.1, 0.15) is 17.8 Å². The normalized spacial score (nSPS) is 27.2. The first kappa shape index (κ1) is 16.3. The van der Waals surface area contributed by atoms with Gasteiger partial charge in [0.15, 0.2) is 6.61 Å². The highest BCUT2D eigenvalue weighted by Crippen LogP contribution is 2.46. The molecule has 2 heterocycles. The van der Waals surface area contributed by atoms with Crippen LogP contribution < -0.4 is 10.1 Å². The van der Waals surface area contributed by atoms with Crippen LogP contribution >= 0.6 is 0 Å². The maximum atomic E-state index is 12.3.